The number of hydrogen-bond acceptors (Lipinski definition) is 11. The second-order valence-electron chi connectivity index (χ2n) is 9.38. The van der Waals surface area contributed by atoms with Crippen LogP contribution >= 0.6 is 0 Å². The highest BCUT2D eigenvalue weighted by molar-refractivity contribution is 5.82. The Bertz CT molecular complexity index is 968. The molecule has 14 nitrogen and oxygen atoms in total. The van der Waals surface area contributed by atoms with Gasteiger partial charge in [0.2, 0.25) is 0 Å². The number of rotatable bonds is 9. The Morgan fingerprint density at radius 2 is 1.32 bits per heavy atom. The molecule has 0 amide bonds. The Hall–Kier alpha value is -3.56. The molecule has 14 heteroatoms. The van der Waals surface area contributed by atoms with E-state index >= 15 is 0 Å². The first-order valence-corrected chi connectivity index (χ1v) is 12.5. The number of aliphatic hydroxyl groups is 4. The van der Waals surface area contributed by atoms with Gasteiger partial charge < -0.3 is 60.1 Å². The topological polar surface area (TPSA) is 249 Å². The van der Waals surface area contributed by atoms with Crippen LogP contribution in [0.1, 0.15) is 37.7 Å². The second-order valence-corrected chi connectivity index (χ2v) is 9.38. The van der Waals surface area contributed by atoms with E-state index in [4.69, 9.17) is 35.4 Å². The van der Waals surface area contributed by atoms with Crippen LogP contribution in [0, 0.1) is 0 Å². The van der Waals surface area contributed by atoms with E-state index in [1.54, 1.807) is 23.2 Å². The SMILES string of the molecule is COc1ccc(CC2C3=C(CCCC3)CC[NH+]2C)cc1.O=C(O)[C@@H](O)[C@@H](O)C(=O)[O-].O=C([O-])C(O)[C@H](O)C(=O)O. The molecule has 0 bridgehead atoms. The Labute approximate surface area is 230 Å². The zero-order valence-corrected chi connectivity index (χ0v) is 22.2. The highest BCUT2D eigenvalue weighted by atomic mass is 16.5. The average molecular weight is 571 g/mol. The number of carbonyl (C=O) groups is 4. The maximum Gasteiger partial charge on any atom is 0.335 e. The van der Waals surface area contributed by atoms with Gasteiger partial charge in [-0.25, -0.2) is 9.59 Å². The van der Waals surface area contributed by atoms with Gasteiger partial charge in [0.1, 0.15) is 24.0 Å². The smallest absolute Gasteiger partial charge is 0.335 e. The third-order valence-electron chi connectivity index (χ3n) is 6.65. The Morgan fingerprint density at radius 1 is 0.850 bits per heavy atom. The van der Waals surface area contributed by atoms with Crippen molar-refractivity contribution in [2.75, 3.05) is 20.7 Å². The van der Waals surface area contributed by atoms with Crippen LogP contribution in [0.4, 0.5) is 0 Å². The van der Waals surface area contributed by atoms with Gasteiger partial charge in [-0.2, -0.15) is 0 Å². The summed E-state index contributed by atoms with van der Waals surface area (Å²) < 4.78 is 5.25. The van der Waals surface area contributed by atoms with E-state index in [1.807, 2.05) is 0 Å². The molecule has 1 aliphatic carbocycles. The molecule has 1 aromatic rings. The number of carbonyl (C=O) groups excluding carboxylic acids is 2. The molecule has 7 N–H and O–H groups in total. The fourth-order valence-electron chi connectivity index (χ4n) is 4.34. The normalized spacial score (nSPS) is 21.1. The number of aliphatic carboxylic acids is 4. The van der Waals surface area contributed by atoms with Gasteiger partial charge in [0.05, 0.1) is 32.6 Å². The minimum Gasteiger partial charge on any atom is -0.547 e. The van der Waals surface area contributed by atoms with Crippen LogP contribution in [0.5, 0.6) is 5.75 Å². The molecule has 0 spiro atoms. The summed E-state index contributed by atoms with van der Waals surface area (Å²) in [6, 6.07) is 9.33. The van der Waals surface area contributed by atoms with E-state index in [0.717, 1.165) is 5.75 Å². The molecule has 0 radical (unpaired) electrons. The monoisotopic (exact) mass is 570 g/mol. The number of carboxylic acids is 4. The molecule has 3 unspecified atom stereocenters. The first kappa shape index (κ1) is 34.5. The van der Waals surface area contributed by atoms with Gasteiger partial charge in [0.25, 0.3) is 0 Å². The number of ether oxygens (including phenoxy) is 1. The fourth-order valence-corrected chi connectivity index (χ4v) is 4.34. The summed E-state index contributed by atoms with van der Waals surface area (Å²) >= 11 is 0. The molecular weight excluding hydrogens is 534 g/mol. The minimum absolute atomic E-state index is 0.701. The van der Waals surface area contributed by atoms with Crippen LogP contribution in [0.15, 0.2) is 35.4 Å². The number of methoxy groups -OCH3 is 1. The van der Waals surface area contributed by atoms with Crippen LogP contribution in [-0.2, 0) is 25.6 Å². The lowest BCUT2D eigenvalue weighted by Gasteiger charge is -2.36. The maximum atomic E-state index is 9.74. The van der Waals surface area contributed by atoms with E-state index in [1.165, 1.54) is 50.6 Å². The van der Waals surface area contributed by atoms with Crippen molar-refractivity contribution in [3.05, 3.63) is 41.0 Å². The summed E-state index contributed by atoms with van der Waals surface area (Å²) in [5.74, 6) is -6.70. The summed E-state index contributed by atoms with van der Waals surface area (Å²) in [7, 11) is 4.10. The van der Waals surface area contributed by atoms with Crippen molar-refractivity contribution in [1.82, 2.24) is 0 Å². The van der Waals surface area contributed by atoms with E-state index in [-0.39, 0.29) is 0 Å². The molecule has 224 valence electrons. The van der Waals surface area contributed by atoms with Gasteiger partial charge in [-0.05, 0) is 49.0 Å². The third kappa shape index (κ3) is 10.5. The summed E-state index contributed by atoms with van der Waals surface area (Å²) in [4.78, 5) is 40.5. The van der Waals surface area contributed by atoms with Crippen molar-refractivity contribution in [2.45, 2.75) is 69.0 Å². The standard InChI is InChI=1S/C18H25NO.2C4H6O6/c1-19-12-11-15-5-3-4-6-17(15)18(19)13-14-7-9-16(20-2)10-8-14;2*5-1(3(7)8)2(6)4(9)10/h7-10,18H,3-6,11-13H2,1-2H3;2*1-2,5-6H,(H,7,8)(H,9,10)/p-1/t;1-,2?;1-,2+/m.0./s1. The maximum absolute atomic E-state index is 9.74. The van der Waals surface area contributed by atoms with Gasteiger partial charge in [-0.15, -0.1) is 0 Å². The highest BCUT2D eigenvalue weighted by Gasteiger charge is 2.31. The van der Waals surface area contributed by atoms with E-state index in [0.29, 0.717) is 6.04 Å². The predicted octanol–water partition coefficient (Wildman–Crippen LogP) is -4.52. The van der Waals surface area contributed by atoms with Crippen molar-refractivity contribution >= 4 is 23.9 Å². The number of nitrogens with one attached hydrogen (secondary N) is 1. The molecule has 1 aliphatic heterocycles. The number of aliphatic hydroxyl groups excluding tert-OH is 4. The van der Waals surface area contributed by atoms with Crippen LogP contribution in [-0.4, -0.2) is 106 Å². The zero-order chi connectivity index (χ0) is 30.6. The average Bonchev–Trinajstić information content (AvgIpc) is 2.93. The van der Waals surface area contributed by atoms with Crippen molar-refractivity contribution < 1.29 is 69.7 Å². The summed E-state index contributed by atoms with van der Waals surface area (Å²) in [6.07, 6.45) is -1.40. The third-order valence-corrected chi connectivity index (χ3v) is 6.65. The van der Waals surface area contributed by atoms with Crippen LogP contribution in [0.25, 0.3) is 0 Å². The molecule has 3 rings (SSSR count). The van der Waals surface area contributed by atoms with Crippen molar-refractivity contribution in [1.29, 1.82) is 0 Å². The van der Waals surface area contributed by atoms with E-state index in [9.17, 15) is 29.4 Å². The molecule has 40 heavy (non-hydrogen) atoms. The molecule has 0 aromatic heterocycles. The lowest BCUT2D eigenvalue weighted by molar-refractivity contribution is -0.902. The Balaban J connectivity index is 0.000000340. The molecule has 0 fully saturated rings. The van der Waals surface area contributed by atoms with E-state index < -0.39 is 48.3 Å². The molecule has 6 atom stereocenters. The summed E-state index contributed by atoms with van der Waals surface area (Å²) in [5.41, 5.74) is 5.02. The van der Waals surface area contributed by atoms with Crippen molar-refractivity contribution in [2.24, 2.45) is 0 Å². The van der Waals surface area contributed by atoms with E-state index in [2.05, 4.69) is 31.3 Å². The zero-order valence-electron chi connectivity index (χ0n) is 22.2. The summed E-state index contributed by atoms with van der Waals surface area (Å²) in [5, 5.41) is 68.3. The number of quaternary nitrogens is 1. The first-order chi connectivity index (χ1) is 18.7. The molecule has 2 aliphatic rings. The van der Waals surface area contributed by atoms with Gasteiger partial charge in [0.15, 0.2) is 12.2 Å². The lowest BCUT2D eigenvalue weighted by Crippen LogP contribution is -3.14. The Morgan fingerprint density at radius 3 is 1.73 bits per heavy atom. The number of likely N-dealkylation sites (N-methyl/N-ethyl adjacent to an activating group) is 1. The minimum atomic E-state index is -2.38. The second kappa shape index (κ2) is 16.5. The van der Waals surface area contributed by atoms with Gasteiger partial charge in [-0.1, -0.05) is 17.7 Å². The molecular formula is C26H36NO13-. The molecule has 1 heterocycles. The quantitative estimate of drug-likeness (QED) is 0.138. The fraction of sp³-hybridized carbons (Fsp3) is 0.538. The number of hydrogen-bond donors (Lipinski definition) is 7. The van der Waals surface area contributed by atoms with Crippen molar-refractivity contribution in [3.8, 4) is 5.75 Å². The largest absolute Gasteiger partial charge is 0.547 e. The number of carboxylic acid groups (broad SMARTS) is 4. The molecule has 0 saturated heterocycles. The molecule has 1 aromatic carbocycles. The van der Waals surface area contributed by atoms with Gasteiger partial charge in [-0.3, -0.25) is 0 Å². The predicted molar refractivity (Wildman–Crippen MR) is 132 cm³/mol. The van der Waals surface area contributed by atoms with Crippen LogP contribution in [0.2, 0.25) is 0 Å². The van der Waals surface area contributed by atoms with Gasteiger partial charge in [0, 0.05) is 12.8 Å². The van der Waals surface area contributed by atoms with Crippen LogP contribution < -0.4 is 19.8 Å². The number of benzene rings is 1. The van der Waals surface area contributed by atoms with Gasteiger partial charge >= 0.3 is 11.9 Å². The highest BCUT2D eigenvalue weighted by Crippen LogP contribution is 2.31. The Kier molecular flexibility index (Phi) is 14.2. The summed E-state index contributed by atoms with van der Waals surface area (Å²) in [6.45, 7) is 1.31. The van der Waals surface area contributed by atoms with Crippen molar-refractivity contribution in [3.63, 3.8) is 0 Å². The first-order valence-electron chi connectivity index (χ1n) is 12.5. The lowest BCUT2D eigenvalue weighted by atomic mass is 9.81. The molecule has 0 saturated carbocycles. The van der Waals surface area contributed by atoms with Crippen LogP contribution in [0.3, 0.4) is 0 Å².